The average Bonchev–Trinajstić information content (AvgIpc) is 2.69. The minimum atomic E-state index is -0.884. The predicted molar refractivity (Wildman–Crippen MR) is 120 cm³/mol. The maximum Gasteiger partial charge on any atom is 0.239 e. The Morgan fingerprint density at radius 2 is 1.28 bits per heavy atom. The molecule has 0 spiro atoms. The highest BCUT2D eigenvalue weighted by Gasteiger charge is 2.55. The summed E-state index contributed by atoms with van der Waals surface area (Å²) in [5, 5.41) is 0. The van der Waals surface area contributed by atoms with Gasteiger partial charge in [-0.2, -0.15) is 9.78 Å². The number of unbranched alkanes of at least 4 members (excludes halogenated alkanes) is 2. The molecule has 0 heterocycles. The Balaban J connectivity index is 3.01. The van der Waals surface area contributed by atoms with Crippen LogP contribution in [0.1, 0.15) is 133 Å². The second-order valence-corrected chi connectivity index (χ2v) is 10.6. The lowest BCUT2D eigenvalue weighted by Crippen LogP contribution is -2.55. The Kier molecular flexibility index (Phi) is 10.6. The first-order chi connectivity index (χ1) is 13.5. The molecule has 1 aliphatic rings. The van der Waals surface area contributed by atoms with Crippen molar-refractivity contribution in [3.05, 3.63) is 0 Å². The minimum absolute atomic E-state index is 0.205. The van der Waals surface area contributed by atoms with E-state index < -0.39 is 5.79 Å². The molecular formula is C25H50O4. The van der Waals surface area contributed by atoms with Gasteiger partial charge in [0.2, 0.25) is 5.79 Å². The van der Waals surface area contributed by atoms with Gasteiger partial charge in [0.1, 0.15) is 11.2 Å². The molecule has 0 aromatic heterocycles. The molecule has 3 unspecified atom stereocenters. The summed E-state index contributed by atoms with van der Waals surface area (Å²) in [5.74, 6) is -0.245. The summed E-state index contributed by atoms with van der Waals surface area (Å²) in [4.78, 5) is 24.9. The van der Waals surface area contributed by atoms with Crippen molar-refractivity contribution in [3.63, 3.8) is 0 Å². The maximum absolute atomic E-state index is 6.28. The second-order valence-electron chi connectivity index (χ2n) is 10.6. The third-order valence-corrected chi connectivity index (χ3v) is 7.23. The molecule has 29 heavy (non-hydrogen) atoms. The molecule has 174 valence electrons. The third-order valence-electron chi connectivity index (χ3n) is 7.23. The molecule has 3 atom stereocenters. The molecule has 0 N–H and O–H groups in total. The van der Waals surface area contributed by atoms with Crippen molar-refractivity contribution in [1.29, 1.82) is 0 Å². The first-order valence-electron chi connectivity index (χ1n) is 12.2. The van der Waals surface area contributed by atoms with Gasteiger partial charge < -0.3 is 0 Å². The summed E-state index contributed by atoms with van der Waals surface area (Å²) >= 11 is 0. The van der Waals surface area contributed by atoms with Gasteiger partial charge in [-0.05, 0) is 58.3 Å². The summed E-state index contributed by atoms with van der Waals surface area (Å²) in [7, 11) is 0. The molecule has 1 saturated carbocycles. The van der Waals surface area contributed by atoms with E-state index in [1.165, 1.54) is 0 Å². The lowest BCUT2D eigenvalue weighted by Gasteiger charge is -2.50. The van der Waals surface area contributed by atoms with Crippen LogP contribution in [0, 0.1) is 11.3 Å². The van der Waals surface area contributed by atoms with Crippen molar-refractivity contribution < 1.29 is 19.6 Å². The van der Waals surface area contributed by atoms with Gasteiger partial charge in [-0.1, -0.05) is 74.1 Å². The van der Waals surface area contributed by atoms with E-state index in [2.05, 4.69) is 62.3 Å². The number of rotatable bonds is 14. The fourth-order valence-electron chi connectivity index (χ4n) is 4.22. The Labute approximate surface area is 181 Å². The SMILES string of the molecule is CCCCC(C)(CC)OOC1(OOC(C)(CC)CCCC)CCC(C)CC1(C)C. The van der Waals surface area contributed by atoms with E-state index in [1.54, 1.807) is 0 Å². The van der Waals surface area contributed by atoms with Gasteiger partial charge in [-0.15, -0.1) is 0 Å². The van der Waals surface area contributed by atoms with Crippen molar-refractivity contribution in [2.75, 3.05) is 0 Å². The molecule has 4 heteroatoms. The molecule has 0 amide bonds. The zero-order chi connectivity index (χ0) is 22.2. The van der Waals surface area contributed by atoms with Crippen LogP contribution in [-0.2, 0) is 19.6 Å². The second kappa shape index (κ2) is 11.5. The summed E-state index contributed by atoms with van der Waals surface area (Å²) in [5.41, 5.74) is -0.812. The van der Waals surface area contributed by atoms with Crippen LogP contribution in [0.2, 0.25) is 0 Å². The molecular weight excluding hydrogens is 364 g/mol. The van der Waals surface area contributed by atoms with Crippen LogP contribution in [0.25, 0.3) is 0 Å². The van der Waals surface area contributed by atoms with Gasteiger partial charge in [-0.25, -0.2) is 9.78 Å². The van der Waals surface area contributed by atoms with Crippen LogP contribution < -0.4 is 0 Å². The van der Waals surface area contributed by atoms with E-state index in [9.17, 15) is 0 Å². The van der Waals surface area contributed by atoms with E-state index in [-0.39, 0.29) is 16.6 Å². The molecule has 1 fully saturated rings. The Morgan fingerprint density at radius 1 is 0.828 bits per heavy atom. The Hall–Kier alpha value is -0.160. The van der Waals surface area contributed by atoms with E-state index >= 15 is 0 Å². The normalized spacial score (nSPS) is 28.7. The van der Waals surface area contributed by atoms with Crippen molar-refractivity contribution in [3.8, 4) is 0 Å². The molecule has 0 aromatic rings. The lowest BCUT2D eigenvalue weighted by molar-refractivity contribution is -0.571. The quantitative estimate of drug-likeness (QED) is 0.163. The largest absolute Gasteiger partial charge is 0.239 e. The van der Waals surface area contributed by atoms with Gasteiger partial charge in [-0.3, -0.25) is 0 Å². The molecule has 1 aliphatic carbocycles. The van der Waals surface area contributed by atoms with Crippen LogP contribution >= 0.6 is 0 Å². The molecule has 0 saturated heterocycles. The third kappa shape index (κ3) is 7.48. The standard InChI is InChI=1S/C25H50O4/c1-10-14-17-23(8,12-3)26-28-25(19-16-21(5)20-22(25,6)7)29-27-24(9,13-4)18-15-11-2/h21H,10-20H2,1-9H3. The topological polar surface area (TPSA) is 36.9 Å². The average molecular weight is 415 g/mol. The number of hydrogen-bond donors (Lipinski definition) is 0. The van der Waals surface area contributed by atoms with Gasteiger partial charge in [0.05, 0.1) is 0 Å². The zero-order valence-corrected chi connectivity index (χ0v) is 21.0. The van der Waals surface area contributed by atoms with Gasteiger partial charge in [0.15, 0.2) is 0 Å². The van der Waals surface area contributed by atoms with Crippen molar-refractivity contribution in [2.24, 2.45) is 11.3 Å². The zero-order valence-electron chi connectivity index (χ0n) is 21.0. The molecule has 0 aromatic carbocycles. The van der Waals surface area contributed by atoms with Crippen LogP contribution in [0.4, 0.5) is 0 Å². The summed E-state index contributed by atoms with van der Waals surface area (Å²) in [6.45, 7) is 19.8. The van der Waals surface area contributed by atoms with Crippen molar-refractivity contribution in [2.45, 2.75) is 150 Å². The molecule has 0 aliphatic heterocycles. The smallest absolute Gasteiger partial charge is 0.227 e. The highest BCUT2D eigenvalue weighted by Crippen LogP contribution is 2.50. The van der Waals surface area contributed by atoms with Crippen LogP contribution in [-0.4, -0.2) is 17.0 Å². The number of hydrogen-bond acceptors (Lipinski definition) is 4. The van der Waals surface area contributed by atoms with Crippen LogP contribution in [0.5, 0.6) is 0 Å². The molecule has 0 bridgehead atoms. The monoisotopic (exact) mass is 414 g/mol. The van der Waals surface area contributed by atoms with Crippen molar-refractivity contribution in [1.82, 2.24) is 0 Å². The summed E-state index contributed by atoms with van der Waals surface area (Å²) in [6.07, 6.45) is 11.2. The fourth-order valence-corrected chi connectivity index (χ4v) is 4.22. The molecule has 4 nitrogen and oxygen atoms in total. The predicted octanol–water partition coefficient (Wildman–Crippen LogP) is 8.14. The summed E-state index contributed by atoms with van der Waals surface area (Å²) in [6, 6.07) is 0. The molecule has 0 radical (unpaired) electrons. The molecule has 1 rings (SSSR count). The Bertz CT molecular complexity index is 438. The van der Waals surface area contributed by atoms with Crippen molar-refractivity contribution >= 4 is 0 Å². The van der Waals surface area contributed by atoms with Crippen LogP contribution in [0.15, 0.2) is 0 Å². The fraction of sp³-hybridized carbons (Fsp3) is 1.00. The van der Waals surface area contributed by atoms with Gasteiger partial charge in [0, 0.05) is 11.8 Å². The van der Waals surface area contributed by atoms with E-state index in [1.807, 2.05) is 0 Å². The van der Waals surface area contributed by atoms with Gasteiger partial charge in [0.25, 0.3) is 0 Å². The first-order valence-corrected chi connectivity index (χ1v) is 12.2. The summed E-state index contributed by atoms with van der Waals surface area (Å²) < 4.78 is 0. The Morgan fingerprint density at radius 3 is 1.62 bits per heavy atom. The lowest BCUT2D eigenvalue weighted by atomic mass is 9.68. The van der Waals surface area contributed by atoms with E-state index in [0.717, 1.165) is 70.6 Å². The highest BCUT2D eigenvalue weighted by molar-refractivity contribution is 4.92. The van der Waals surface area contributed by atoms with Gasteiger partial charge >= 0.3 is 0 Å². The van der Waals surface area contributed by atoms with E-state index in [0.29, 0.717) is 5.92 Å². The highest BCUT2D eigenvalue weighted by atomic mass is 17.3. The van der Waals surface area contributed by atoms with Crippen LogP contribution in [0.3, 0.4) is 0 Å². The first kappa shape index (κ1) is 26.9. The maximum atomic E-state index is 6.28. The van der Waals surface area contributed by atoms with E-state index in [4.69, 9.17) is 19.6 Å². The minimum Gasteiger partial charge on any atom is -0.227 e.